The summed E-state index contributed by atoms with van der Waals surface area (Å²) in [7, 11) is 0. The molecule has 1 N–H and O–H groups in total. The van der Waals surface area contributed by atoms with Gasteiger partial charge in [0.15, 0.2) is 0 Å². The van der Waals surface area contributed by atoms with Crippen LogP contribution >= 0.6 is 11.6 Å². The Morgan fingerprint density at radius 3 is 2.89 bits per heavy atom. The highest BCUT2D eigenvalue weighted by Crippen LogP contribution is 2.19. The van der Waals surface area contributed by atoms with E-state index in [4.69, 9.17) is 11.6 Å². The van der Waals surface area contributed by atoms with Crippen molar-refractivity contribution in [1.82, 2.24) is 15.2 Å². The smallest absolute Gasteiger partial charge is 0.0634 e. The van der Waals surface area contributed by atoms with Crippen LogP contribution in [0.1, 0.15) is 31.7 Å². The molecule has 0 amide bonds. The zero-order valence-corrected chi connectivity index (χ0v) is 12.5. The zero-order valence-electron chi connectivity index (χ0n) is 11.7. The van der Waals surface area contributed by atoms with Crippen molar-refractivity contribution in [3.8, 4) is 0 Å². The van der Waals surface area contributed by atoms with Crippen molar-refractivity contribution in [2.45, 2.75) is 32.7 Å². The van der Waals surface area contributed by atoms with Crippen LogP contribution in [-0.4, -0.2) is 36.1 Å². The van der Waals surface area contributed by atoms with Gasteiger partial charge in [0.1, 0.15) is 0 Å². The summed E-state index contributed by atoms with van der Waals surface area (Å²) in [5.41, 5.74) is 1.19. The molecule has 1 saturated heterocycles. The highest BCUT2D eigenvalue weighted by atomic mass is 35.5. The Kier molecular flexibility index (Phi) is 6.08. The highest BCUT2D eigenvalue weighted by molar-refractivity contribution is 6.31. The average Bonchev–Trinajstić information content (AvgIpc) is 2.43. The van der Waals surface area contributed by atoms with Gasteiger partial charge < -0.3 is 5.32 Å². The third-order valence-electron chi connectivity index (χ3n) is 3.77. The molecule has 1 aliphatic rings. The molecule has 1 aromatic heterocycles. The molecule has 3 nitrogen and oxygen atoms in total. The van der Waals surface area contributed by atoms with Crippen LogP contribution < -0.4 is 5.32 Å². The van der Waals surface area contributed by atoms with Crippen LogP contribution in [0, 0.1) is 5.92 Å². The summed E-state index contributed by atoms with van der Waals surface area (Å²) < 4.78 is 0. The number of aromatic nitrogens is 1. The fourth-order valence-electron chi connectivity index (χ4n) is 2.75. The molecule has 0 radical (unpaired) electrons. The first-order valence-corrected chi connectivity index (χ1v) is 7.69. The van der Waals surface area contributed by atoms with Gasteiger partial charge in [0.2, 0.25) is 0 Å². The summed E-state index contributed by atoms with van der Waals surface area (Å²) in [6.07, 6.45) is 7.35. The second-order valence-corrected chi connectivity index (χ2v) is 5.80. The minimum atomic E-state index is 0.786. The first-order valence-electron chi connectivity index (χ1n) is 7.31. The summed E-state index contributed by atoms with van der Waals surface area (Å²) in [5.74, 6) is 0.827. The van der Waals surface area contributed by atoms with E-state index in [2.05, 4.69) is 22.1 Å². The van der Waals surface area contributed by atoms with Crippen molar-refractivity contribution in [3.05, 3.63) is 29.0 Å². The Morgan fingerprint density at radius 1 is 1.42 bits per heavy atom. The van der Waals surface area contributed by atoms with Crippen LogP contribution in [0.25, 0.3) is 0 Å². The van der Waals surface area contributed by atoms with E-state index in [1.54, 1.807) is 6.20 Å². The predicted molar refractivity (Wildman–Crippen MR) is 80.4 cm³/mol. The molecule has 0 spiro atoms. The molecule has 0 saturated carbocycles. The van der Waals surface area contributed by atoms with E-state index < -0.39 is 0 Å². The van der Waals surface area contributed by atoms with E-state index in [1.807, 2.05) is 12.3 Å². The minimum absolute atomic E-state index is 0.786. The van der Waals surface area contributed by atoms with E-state index in [-0.39, 0.29) is 0 Å². The van der Waals surface area contributed by atoms with Gasteiger partial charge in [-0.15, -0.1) is 0 Å². The van der Waals surface area contributed by atoms with Crippen molar-refractivity contribution in [1.29, 1.82) is 0 Å². The molecular weight excluding hydrogens is 258 g/mol. The van der Waals surface area contributed by atoms with E-state index in [0.29, 0.717) is 0 Å². The zero-order chi connectivity index (χ0) is 13.5. The molecule has 4 heteroatoms. The fourth-order valence-corrected chi connectivity index (χ4v) is 2.93. The molecule has 0 bridgehead atoms. The van der Waals surface area contributed by atoms with Gasteiger partial charge in [-0.1, -0.05) is 18.5 Å². The van der Waals surface area contributed by atoms with Crippen LogP contribution in [0.5, 0.6) is 0 Å². The molecule has 106 valence electrons. The summed E-state index contributed by atoms with van der Waals surface area (Å²) in [5, 5.41) is 4.22. The van der Waals surface area contributed by atoms with Crippen molar-refractivity contribution in [3.63, 3.8) is 0 Å². The normalized spacial score (nSPS) is 17.0. The second kappa shape index (κ2) is 7.83. The molecule has 0 atom stereocenters. The summed E-state index contributed by atoms with van der Waals surface area (Å²) >= 11 is 6.21. The summed E-state index contributed by atoms with van der Waals surface area (Å²) in [6, 6.07) is 2.04. The number of pyridine rings is 1. The maximum atomic E-state index is 6.21. The highest BCUT2D eigenvalue weighted by Gasteiger charge is 2.17. The number of hydrogen-bond acceptors (Lipinski definition) is 3. The van der Waals surface area contributed by atoms with Crippen LogP contribution in [0.15, 0.2) is 18.5 Å². The van der Waals surface area contributed by atoms with Gasteiger partial charge in [0, 0.05) is 25.5 Å². The predicted octanol–water partition coefficient (Wildman–Crippen LogP) is 2.95. The molecular formula is C15H24ClN3. The summed E-state index contributed by atoms with van der Waals surface area (Å²) in [6.45, 7) is 7.85. The lowest BCUT2D eigenvalue weighted by Crippen LogP contribution is -2.36. The molecule has 1 fully saturated rings. The summed E-state index contributed by atoms with van der Waals surface area (Å²) in [4.78, 5) is 6.59. The van der Waals surface area contributed by atoms with Gasteiger partial charge in [-0.05, 0) is 56.4 Å². The number of rotatable bonds is 6. The SMILES string of the molecule is CCCN(Cc1ccncc1Cl)CC1CCNCC1. The largest absolute Gasteiger partial charge is 0.317 e. The molecule has 19 heavy (non-hydrogen) atoms. The van der Waals surface area contributed by atoms with Gasteiger partial charge in [-0.2, -0.15) is 0 Å². The van der Waals surface area contributed by atoms with E-state index in [0.717, 1.165) is 24.0 Å². The van der Waals surface area contributed by atoms with Gasteiger partial charge >= 0.3 is 0 Å². The number of nitrogens with one attached hydrogen (secondary N) is 1. The Balaban J connectivity index is 1.93. The van der Waals surface area contributed by atoms with Crippen LogP contribution in [0.4, 0.5) is 0 Å². The fraction of sp³-hybridized carbons (Fsp3) is 0.667. The Morgan fingerprint density at radius 2 is 2.21 bits per heavy atom. The second-order valence-electron chi connectivity index (χ2n) is 5.40. The van der Waals surface area contributed by atoms with Gasteiger partial charge in [0.05, 0.1) is 5.02 Å². The molecule has 1 aliphatic heterocycles. The first-order chi connectivity index (χ1) is 9.29. The molecule has 2 rings (SSSR count). The van der Waals surface area contributed by atoms with Crippen molar-refractivity contribution in [2.24, 2.45) is 5.92 Å². The Labute approximate surface area is 121 Å². The quantitative estimate of drug-likeness (QED) is 0.869. The third kappa shape index (κ3) is 4.75. The van der Waals surface area contributed by atoms with E-state index in [9.17, 15) is 0 Å². The van der Waals surface area contributed by atoms with Gasteiger partial charge in [0.25, 0.3) is 0 Å². The maximum absolute atomic E-state index is 6.21. The lowest BCUT2D eigenvalue weighted by molar-refractivity contribution is 0.199. The Bertz CT molecular complexity index is 377. The molecule has 1 aromatic rings. The third-order valence-corrected chi connectivity index (χ3v) is 4.11. The van der Waals surface area contributed by atoms with Crippen molar-refractivity contribution >= 4 is 11.6 Å². The van der Waals surface area contributed by atoms with Gasteiger partial charge in [-0.3, -0.25) is 9.88 Å². The minimum Gasteiger partial charge on any atom is -0.317 e. The van der Waals surface area contributed by atoms with Gasteiger partial charge in [-0.25, -0.2) is 0 Å². The van der Waals surface area contributed by atoms with Crippen LogP contribution in [0.2, 0.25) is 5.02 Å². The topological polar surface area (TPSA) is 28.2 Å². The standard InChI is InChI=1S/C15H24ClN3/c1-2-9-19(11-13-3-6-17-7-4-13)12-14-5-8-18-10-15(14)16/h5,8,10,13,17H,2-4,6-7,9,11-12H2,1H3. The molecule has 0 aromatic carbocycles. The molecule has 2 heterocycles. The maximum Gasteiger partial charge on any atom is 0.0634 e. The number of nitrogens with zero attached hydrogens (tertiary/aromatic N) is 2. The van der Waals surface area contributed by atoms with E-state index in [1.165, 1.54) is 44.5 Å². The lowest BCUT2D eigenvalue weighted by Gasteiger charge is -2.30. The number of halogens is 1. The first kappa shape index (κ1) is 14.8. The molecule has 0 aliphatic carbocycles. The van der Waals surface area contributed by atoms with Crippen LogP contribution in [-0.2, 0) is 6.54 Å². The van der Waals surface area contributed by atoms with E-state index >= 15 is 0 Å². The Hall–Kier alpha value is -0.640. The number of hydrogen-bond donors (Lipinski definition) is 1. The van der Waals surface area contributed by atoms with Crippen LogP contribution in [0.3, 0.4) is 0 Å². The van der Waals surface area contributed by atoms with Crippen molar-refractivity contribution in [2.75, 3.05) is 26.2 Å². The lowest BCUT2D eigenvalue weighted by atomic mass is 9.97. The molecule has 0 unspecified atom stereocenters. The monoisotopic (exact) mass is 281 g/mol. The average molecular weight is 282 g/mol. The number of piperidine rings is 1. The van der Waals surface area contributed by atoms with Crippen molar-refractivity contribution < 1.29 is 0 Å².